The smallest absolute Gasteiger partial charge is 0.256 e. The van der Waals surface area contributed by atoms with Gasteiger partial charge in [-0.15, -0.1) is 0 Å². The monoisotopic (exact) mass is 446 g/mol. The minimum Gasteiger partial charge on any atom is -0.329 e. The number of hydrogen-bond acceptors (Lipinski definition) is 4. The molecule has 172 valence electrons. The fourth-order valence-electron chi connectivity index (χ4n) is 4.78. The van der Waals surface area contributed by atoms with Gasteiger partial charge in [0.1, 0.15) is 0 Å². The summed E-state index contributed by atoms with van der Waals surface area (Å²) in [5.74, 6) is 0.0376. The van der Waals surface area contributed by atoms with Crippen LogP contribution < -0.4 is 10.2 Å². The van der Waals surface area contributed by atoms with E-state index in [-0.39, 0.29) is 29.7 Å². The molecule has 7 heteroatoms. The van der Waals surface area contributed by atoms with E-state index in [0.29, 0.717) is 36.4 Å². The fraction of sp³-hybridized carbons (Fsp3) is 0.423. The molecule has 7 nitrogen and oxygen atoms in total. The molecule has 1 N–H and O–H groups in total. The normalized spacial score (nSPS) is 21.4. The van der Waals surface area contributed by atoms with E-state index in [1.807, 2.05) is 23.1 Å². The average molecular weight is 447 g/mol. The largest absolute Gasteiger partial charge is 0.329 e. The van der Waals surface area contributed by atoms with Crippen molar-refractivity contribution in [1.82, 2.24) is 9.80 Å². The summed E-state index contributed by atoms with van der Waals surface area (Å²) in [4.78, 5) is 44.7. The van der Waals surface area contributed by atoms with Crippen molar-refractivity contribution in [3.8, 4) is 0 Å². The first-order chi connectivity index (χ1) is 16.0. The quantitative estimate of drug-likeness (QED) is 0.765. The number of anilines is 2. The summed E-state index contributed by atoms with van der Waals surface area (Å²) in [6.45, 7) is 2.75. The number of nitrogens with zero attached hydrogens (tertiary/aromatic N) is 3. The molecule has 2 aromatic carbocycles. The summed E-state index contributed by atoms with van der Waals surface area (Å²) in [7, 11) is 2.07. The van der Waals surface area contributed by atoms with Crippen LogP contribution in [0.4, 0.5) is 11.4 Å². The second-order valence-electron chi connectivity index (χ2n) is 9.33. The predicted molar refractivity (Wildman–Crippen MR) is 127 cm³/mol. The van der Waals surface area contributed by atoms with Gasteiger partial charge in [-0.25, -0.2) is 0 Å². The highest BCUT2D eigenvalue weighted by Gasteiger charge is 2.34. The number of nitrogens with one attached hydrogen (secondary N) is 1. The highest BCUT2D eigenvalue weighted by molar-refractivity contribution is 6.07. The molecule has 0 aromatic heterocycles. The van der Waals surface area contributed by atoms with Gasteiger partial charge in [-0.3, -0.25) is 14.4 Å². The first-order valence-electron chi connectivity index (χ1n) is 11.8. The van der Waals surface area contributed by atoms with Crippen LogP contribution in [-0.4, -0.2) is 60.7 Å². The third-order valence-corrected chi connectivity index (χ3v) is 6.84. The Morgan fingerprint density at radius 2 is 1.79 bits per heavy atom. The summed E-state index contributed by atoms with van der Waals surface area (Å²) in [6.07, 6.45) is 3.09. The number of piperazine rings is 1. The van der Waals surface area contributed by atoms with E-state index in [1.165, 1.54) is 0 Å². The topological polar surface area (TPSA) is 73.0 Å². The van der Waals surface area contributed by atoms with Crippen LogP contribution in [0.5, 0.6) is 0 Å². The molecule has 3 fully saturated rings. The number of carbonyl (C=O) groups excluding carboxylic acids is 3. The van der Waals surface area contributed by atoms with Crippen molar-refractivity contribution >= 4 is 29.1 Å². The van der Waals surface area contributed by atoms with Gasteiger partial charge in [0.25, 0.3) is 5.91 Å². The van der Waals surface area contributed by atoms with E-state index in [4.69, 9.17) is 0 Å². The molecule has 0 bridgehead atoms. The van der Waals surface area contributed by atoms with E-state index >= 15 is 0 Å². The number of hydrogen-bond donors (Lipinski definition) is 1. The molecule has 3 amide bonds. The second kappa shape index (κ2) is 8.98. The zero-order valence-electron chi connectivity index (χ0n) is 19.0. The zero-order chi connectivity index (χ0) is 22.9. The summed E-state index contributed by atoms with van der Waals surface area (Å²) in [5.41, 5.74) is 2.85. The van der Waals surface area contributed by atoms with E-state index < -0.39 is 0 Å². The van der Waals surface area contributed by atoms with Gasteiger partial charge in [0.05, 0.1) is 17.3 Å². The molecule has 2 aliphatic heterocycles. The minimum absolute atomic E-state index is 0.0102. The van der Waals surface area contributed by atoms with Gasteiger partial charge in [-0.1, -0.05) is 30.3 Å². The number of benzene rings is 2. The van der Waals surface area contributed by atoms with E-state index in [0.717, 1.165) is 37.9 Å². The minimum atomic E-state index is -0.0771. The summed E-state index contributed by atoms with van der Waals surface area (Å²) in [5, 5.41) is 2.96. The molecule has 5 rings (SSSR count). The van der Waals surface area contributed by atoms with E-state index in [2.05, 4.69) is 29.4 Å². The number of carbonyl (C=O) groups is 3. The lowest BCUT2D eigenvalue weighted by atomic mass is 10.0. The van der Waals surface area contributed by atoms with E-state index in [1.54, 1.807) is 23.1 Å². The summed E-state index contributed by atoms with van der Waals surface area (Å²) >= 11 is 0. The Morgan fingerprint density at radius 3 is 2.48 bits per heavy atom. The van der Waals surface area contributed by atoms with Crippen molar-refractivity contribution in [3.63, 3.8) is 0 Å². The lowest BCUT2D eigenvalue weighted by molar-refractivity contribution is -0.117. The second-order valence-corrected chi connectivity index (χ2v) is 9.33. The molecule has 2 aromatic rings. The molecule has 1 unspecified atom stereocenters. The fourth-order valence-corrected chi connectivity index (χ4v) is 4.78. The van der Waals surface area contributed by atoms with Crippen molar-refractivity contribution in [2.45, 2.75) is 31.7 Å². The van der Waals surface area contributed by atoms with Crippen molar-refractivity contribution in [3.05, 3.63) is 59.7 Å². The Kier molecular flexibility index (Phi) is 5.89. The highest BCUT2D eigenvalue weighted by Crippen LogP contribution is 2.34. The maximum atomic E-state index is 13.9. The molecule has 1 atom stereocenters. The molecule has 2 saturated heterocycles. The molecule has 0 spiro atoms. The SMILES string of the molecule is CN1CCN(C(=O)c2ccc(NC(=O)C3CC3)cc2N2CCCC2=O)C(c2ccccc2)C1. The third-order valence-electron chi connectivity index (χ3n) is 6.84. The van der Waals surface area contributed by atoms with Crippen LogP contribution in [0.2, 0.25) is 0 Å². The highest BCUT2D eigenvalue weighted by atomic mass is 16.2. The zero-order valence-corrected chi connectivity index (χ0v) is 19.0. The maximum Gasteiger partial charge on any atom is 0.256 e. The van der Waals surface area contributed by atoms with Crippen molar-refractivity contribution in [1.29, 1.82) is 0 Å². The van der Waals surface area contributed by atoms with Crippen molar-refractivity contribution < 1.29 is 14.4 Å². The Bertz CT molecular complexity index is 1070. The standard InChI is InChI=1S/C26H30N4O3/c1-28-14-15-30(23(17-28)18-6-3-2-4-7-18)26(33)21-12-11-20(27-25(32)19-9-10-19)16-22(21)29-13-5-8-24(29)31/h2-4,6-7,11-12,16,19,23H,5,8-10,13-15,17H2,1H3,(H,27,32). The van der Waals surface area contributed by atoms with Gasteiger partial charge < -0.3 is 20.0 Å². The lowest BCUT2D eigenvalue weighted by Gasteiger charge is -2.40. The molecule has 1 saturated carbocycles. The van der Waals surface area contributed by atoms with E-state index in [9.17, 15) is 14.4 Å². The molecular weight excluding hydrogens is 416 g/mol. The predicted octanol–water partition coefficient (Wildman–Crippen LogP) is 3.29. The molecule has 1 aliphatic carbocycles. The number of amides is 3. The number of rotatable bonds is 5. The van der Waals surface area contributed by atoms with Crippen LogP contribution in [0.15, 0.2) is 48.5 Å². The van der Waals surface area contributed by atoms with Crippen LogP contribution in [0, 0.1) is 5.92 Å². The number of likely N-dealkylation sites (N-methyl/N-ethyl adjacent to an activating group) is 1. The van der Waals surface area contributed by atoms with Crippen LogP contribution in [-0.2, 0) is 9.59 Å². The van der Waals surface area contributed by atoms with Crippen LogP contribution in [0.25, 0.3) is 0 Å². The van der Waals surface area contributed by atoms with Crippen molar-refractivity contribution in [2.75, 3.05) is 43.4 Å². The Balaban J connectivity index is 1.49. The Labute approximate surface area is 194 Å². The maximum absolute atomic E-state index is 13.9. The molecule has 2 heterocycles. The summed E-state index contributed by atoms with van der Waals surface area (Å²) < 4.78 is 0. The third kappa shape index (κ3) is 4.50. The summed E-state index contributed by atoms with van der Waals surface area (Å²) in [6, 6.07) is 15.4. The van der Waals surface area contributed by atoms with Crippen LogP contribution in [0.1, 0.15) is 47.6 Å². The van der Waals surface area contributed by atoms with Crippen LogP contribution >= 0.6 is 0 Å². The van der Waals surface area contributed by atoms with Gasteiger partial charge in [0.15, 0.2) is 0 Å². The van der Waals surface area contributed by atoms with Gasteiger partial charge >= 0.3 is 0 Å². The lowest BCUT2D eigenvalue weighted by Crippen LogP contribution is -2.49. The van der Waals surface area contributed by atoms with Gasteiger partial charge in [-0.05, 0) is 50.1 Å². The van der Waals surface area contributed by atoms with Gasteiger partial charge in [0.2, 0.25) is 11.8 Å². The molecule has 33 heavy (non-hydrogen) atoms. The molecule has 0 radical (unpaired) electrons. The van der Waals surface area contributed by atoms with Crippen molar-refractivity contribution in [2.24, 2.45) is 5.92 Å². The first-order valence-corrected chi connectivity index (χ1v) is 11.8. The Hall–Kier alpha value is -3.19. The average Bonchev–Trinajstić information content (AvgIpc) is 3.60. The van der Waals surface area contributed by atoms with Crippen LogP contribution in [0.3, 0.4) is 0 Å². The first kappa shape index (κ1) is 21.6. The Morgan fingerprint density at radius 1 is 1.00 bits per heavy atom. The molecular formula is C26H30N4O3. The molecule has 3 aliphatic rings. The van der Waals surface area contributed by atoms with Gasteiger partial charge in [0, 0.05) is 44.2 Å². The van der Waals surface area contributed by atoms with Gasteiger partial charge in [-0.2, -0.15) is 0 Å².